The normalized spacial score (nSPS) is 11.6. The molecule has 2 radical (unpaired) electrons. The van der Waals surface area contributed by atoms with Crippen LogP contribution in [0, 0.1) is 24.3 Å². The monoisotopic (exact) mass is 1870 g/mol. The fourth-order valence-electron chi connectivity index (χ4n) is 14.5. The van der Waals surface area contributed by atoms with E-state index in [0.717, 1.165) is 45.0 Å². The first-order chi connectivity index (χ1) is 53.1. The summed E-state index contributed by atoms with van der Waals surface area (Å²) in [6.45, 7) is 28.2. The first-order valence-electron chi connectivity index (χ1n) is 38.1. The van der Waals surface area contributed by atoms with E-state index < -0.39 is 32.3 Å². The van der Waals surface area contributed by atoms with Gasteiger partial charge in [-0.05, 0) is 146 Å². The van der Waals surface area contributed by atoms with Crippen LogP contribution in [0.1, 0.15) is 0 Å². The number of nitrogens with zero attached hydrogens (tertiary/aromatic N) is 4. The minimum atomic E-state index is -1.39. The van der Waals surface area contributed by atoms with Crippen molar-refractivity contribution in [2.24, 2.45) is 0 Å². The summed E-state index contributed by atoms with van der Waals surface area (Å²) in [4.78, 5) is 18.5. The van der Waals surface area contributed by atoms with E-state index in [1.165, 1.54) is 130 Å². The van der Waals surface area contributed by atoms with E-state index in [0.29, 0.717) is 0 Å². The number of rotatable bonds is 11. The Labute approximate surface area is 692 Å². The van der Waals surface area contributed by atoms with Gasteiger partial charge in [0.05, 0.1) is 32.3 Å². The molecule has 18 rings (SSSR count). The molecule has 0 fully saturated rings. The molecule has 0 unspecified atom stereocenters. The average Bonchev–Trinajstić information content (AvgIpc) is 0.741. The molecular formula is C102H90Ir2N4Si4-4. The maximum atomic E-state index is 4.84. The quantitative estimate of drug-likeness (QED) is 0.0736. The van der Waals surface area contributed by atoms with E-state index in [9.17, 15) is 0 Å². The van der Waals surface area contributed by atoms with Crippen LogP contribution in [0.3, 0.4) is 0 Å². The van der Waals surface area contributed by atoms with E-state index in [2.05, 4.69) is 392 Å². The fourth-order valence-corrected chi connectivity index (χ4v) is 18.9. The Morgan fingerprint density at radius 2 is 0.580 bits per heavy atom. The minimum absolute atomic E-state index is 0. The van der Waals surface area contributed by atoms with Gasteiger partial charge < -0.3 is 19.9 Å². The van der Waals surface area contributed by atoms with Gasteiger partial charge in [-0.15, -0.1) is 119 Å². The summed E-state index contributed by atoms with van der Waals surface area (Å²) in [6.07, 6.45) is 7.94. The van der Waals surface area contributed by atoms with Crippen LogP contribution in [0.4, 0.5) is 0 Å². The topological polar surface area (TPSA) is 51.6 Å². The van der Waals surface area contributed by atoms with Gasteiger partial charge in [0.25, 0.3) is 0 Å². The molecule has 0 N–H and O–H groups in total. The molecule has 556 valence electrons. The van der Waals surface area contributed by atoms with Crippen molar-refractivity contribution in [3.63, 3.8) is 0 Å². The van der Waals surface area contributed by atoms with Crippen LogP contribution < -0.4 is 20.7 Å². The first kappa shape index (κ1) is 79.7. The molecule has 0 bridgehead atoms. The van der Waals surface area contributed by atoms with Crippen molar-refractivity contribution in [3.8, 4) is 78.4 Å². The molecule has 4 heterocycles. The summed E-state index contributed by atoms with van der Waals surface area (Å²) in [5.74, 6) is 0. The van der Waals surface area contributed by atoms with Crippen molar-refractivity contribution in [2.75, 3.05) is 0 Å². The molecule has 14 aromatic carbocycles. The second kappa shape index (κ2) is 33.9. The number of aromatic nitrogens is 4. The molecule has 0 amide bonds. The second-order valence-electron chi connectivity index (χ2n) is 32.7. The molecule has 18 aromatic rings. The van der Waals surface area contributed by atoms with Crippen LogP contribution in [0.5, 0.6) is 0 Å². The zero-order valence-electron chi connectivity index (χ0n) is 65.6. The standard InChI is InChI=1S/C38H30NSi.C36H28NSi.2C14H16NSi.2Ir/c1-40(2,3)31-18-21-38(39-25-31)30-17-20-35-34-19-16-29(23-36(34)32-14-7-8-15-33(32)37(35)24-30)28-13-9-12-27(22-28)26-10-5-4-6-11-26;1-38(2,3)29-16-19-36(37-23-29)28-15-18-33-32-17-14-27(26-13-12-24-8-4-5-9-25(24)20-26)21-34(32)30-10-6-7-11-31(30)35(33)22-28;2*1-16(2,3)13-9-10-15-14(11-13)12-7-5-4-6-8-12;;/h4-16,18-25H,1-3H3;4-14,16-23H,1-3H3;2*4-7,9-11H,1-3H3;;/q4*-1;;. The predicted octanol–water partition coefficient (Wildman–Crippen LogP) is 25.4. The molecule has 0 atom stereocenters. The van der Waals surface area contributed by atoms with Crippen LogP contribution in [0.2, 0.25) is 78.6 Å². The molecule has 0 aliphatic heterocycles. The summed E-state index contributed by atoms with van der Waals surface area (Å²) >= 11 is 0. The van der Waals surface area contributed by atoms with Gasteiger partial charge in [0, 0.05) is 65.0 Å². The van der Waals surface area contributed by atoms with Crippen LogP contribution >= 0.6 is 0 Å². The van der Waals surface area contributed by atoms with Crippen molar-refractivity contribution in [1.29, 1.82) is 0 Å². The summed E-state index contributed by atoms with van der Waals surface area (Å²) in [5, 5.41) is 23.2. The van der Waals surface area contributed by atoms with Crippen molar-refractivity contribution in [3.05, 3.63) is 352 Å². The van der Waals surface area contributed by atoms with Crippen molar-refractivity contribution in [2.45, 2.75) is 78.6 Å². The van der Waals surface area contributed by atoms with Crippen LogP contribution in [-0.2, 0) is 40.2 Å². The Bertz CT molecular complexity index is 6240. The third-order valence-electron chi connectivity index (χ3n) is 21.0. The SMILES string of the molecule is C[Si](C)(C)c1ccc(-c2[c-]cc3c4ccc(-c5ccc6ccccc6c5)cc4c4ccccc4c3c2)nc1.C[Si](C)(C)c1ccc(-c2[c-]cc3c4ccc(-c5cccc(-c6ccccc6)c5)cc4c4ccccc4c3c2)nc1.C[Si](C)(C)c1ccnc(-c2[c-]cccc2)c1.C[Si](C)(C)c1ccnc(-c2[c-]cccc2)c1.[Ir].[Ir]. The predicted molar refractivity (Wildman–Crippen MR) is 485 cm³/mol. The smallest absolute Gasteiger partial charge is 0.0795 e. The summed E-state index contributed by atoms with van der Waals surface area (Å²) < 4.78 is 0. The molecule has 0 aliphatic carbocycles. The summed E-state index contributed by atoms with van der Waals surface area (Å²) in [7, 11) is -5.28. The third kappa shape index (κ3) is 17.8. The van der Waals surface area contributed by atoms with E-state index >= 15 is 0 Å². The van der Waals surface area contributed by atoms with Crippen LogP contribution in [0.15, 0.2) is 328 Å². The molecule has 0 spiro atoms. The van der Waals surface area contributed by atoms with Gasteiger partial charge >= 0.3 is 0 Å². The number of hydrogen-bond donors (Lipinski definition) is 0. The zero-order chi connectivity index (χ0) is 76.3. The molecule has 0 saturated carbocycles. The number of pyridine rings is 4. The van der Waals surface area contributed by atoms with Gasteiger partial charge in [-0.1, -0.05) is 315 Å². The van der Waals surface area contributed by atoms with Gasteiger partial charge in [-0.2, -0.15) is 0 Å². The van der Waals surface area contributed by atoms with Gasteiger partial charge in [-0.25, -0.2) is 0 Å². The molecular weight excluding hydrogens is 1780 g/mol. The molecule has 4 aromatic heterocycles. The number of hydrogen-bond acceptors (Lipinski definition) is 4. The van der Waals surface area contributed by atoms with Gasteiger partial charge in [0.1, 0.15) is 0 Å². The largest absolute Gasteiger partial charge is 0.305 e. The fraction of sp³-hybridized carbons (Fsp3) is 0.118. The van der Waals surface area contributed by atoms with E-state index in [4.69, 9.17) is 9.97 Å². The minimum Gasteiger partial charge on any atom is -0.305 e. The maximum absolute atomic E-state index is 4.84. The van der Waals surface area contributed by atoms with E-state index in [1.807, 2.05) is 48.8 Å². The van der Waals surface area contributed by atoms with E-state index in [-0.39, 0.29) is 40.2 Å². The molecule has 112 heavy (non-hydrogen) atoms. The van der Waals surface area contributed by atoms with Crippen LogP contribution in [0.25, 0.3) is 154 Å². The van der Waals surface area contributed by atoms with Crippen molar-refractivity contribution in [1.82, 2.24) is 19.9 Å². The Kier molecular flexibility index (Phi) is 24.2. The molecule has 10 heteroatoms. The zero-order valence-corrected chi connectivity index (χ0v) is 74.4. The first-order valence-corrected chi connectivity index (χ1v) is 52.1. The second-order valence-corrected chi connectivity index (χ2v) is 53.1. The molecule has 0 saturated heterocycles. The molecule has 0 aliphatic rings. The Morgan fingerprint density at radius 1 is 0.214 bits per heavy atom. The van der Waals surface area contributed by atoms with Crippen molar-refractivity contribution < 1.29 is 40.2 Å². The summed E-state index contributed by atoms with van der Waals surface area (Å²) in [5.41, 5.74) is 15.6. The number of benzene rings is 14. The maximum Gasteiger partial charge on any atom is 0.0795 e. The van der Waals surface area contributed by atoms with Gasteiger partial charge in [0.2, 0.25) is 0 Å². The Morgan fingerprint density at radius 3 is 1.00 bits per heavy atom. The third-order valence-corrected chi connectivity index (χ3v) is 29.1. The Balaban J connectivity index is 0.000000141. The summed E-state index contributed by atoms with van der Waals surface area (Å²) in [6, 6.07) is 122. The van der Waals surface area contributed by atoms with Crippen molar-refractivity contribution >= 4 is 128 Å². The Hall–Kier alpha value is -10.3. The van der Waals surface area contributed by atoms with Crippen LogP contribution in [-0.4, -0.2) is 52.2 Å². The number of fused-ring (bicyclic) bond motifs is 13. The van der Waals surface area contributed by atoms with Gasteiger partial charge in [-0.3, -0.25) is 0 Å². The average molecular weight is 1870 g/mol. The van der Waals surface area contributed by atoms with E-state index in [1.54, 1.807) is 0 Å². The molecule has 4 nitrogen and oxygen atoms in total. The van der Waals surface area contributed by atoms with Gasteiger partial charge in [0.15, 0.2) is 0 Å².